The van der Waals surface area contributed by atoms with E-state index in [4.69, 9.17) is 4.74 Å². The van der Waals surface area contributed by atoms with Gasteiger partial charge in [-0.2, -0.15) is 0 Å². The highest BCUT2D eigenvalue weighted by Crippen LogP contribution is 2.41. The Morgan fingerprint density at radius 3 is 2.43 bits per heavy atom. The first kappa shape index (κ1) is 20.4. The van der Waals surface area contributed by atoms with Crippen molar-refractivity contribution in [2.24, 2.45) is 0 Å². The average Bonchev–Trinajstić information content (AvgIpc) is 2.75. The van der Waals surface area contributed by atoms with Gasteiger partial charge in [-0.15, -0.1) is 0 Å². The molecule has 2 aromatic carbocycles. The first-order chi connectivity index (χ1) is 14.4. The standard InChI is InChI=1S/C22H23FN2O4S/c1-2-29-18-9-7-17(8-10-18)25-15-21(22(26)24-12-4-3-5-13-24)30(27,28)20-11-6-16(23)14-19(20)25/h6-11,14-15H,2-5,12-13H2,1H3. The minimum Gasteiger partial charge on any atom is -0.494 e. The number of carbonyl (C=O) groups excluding carboxylic acids is 1. The van der Waals surface area contributed by atoms with Crippen LogP contribution in [0.3, 0.4) is 0 Å². The first-order valence-corrected chi connectivity index (χ1v) is 11.5. The Morgan fingerprint density at radius 2 is 1.77 bits per heavy atom. The highest BCUT2D eigenvalue weighted by Gasteiger charge is 2.38. The third-order valence-corrected chi connectivity index (χ3v) is 7.07. The fourth-order valence-corrected chi connectivity index (χ4v) is 5.31. The molecule has 1 amide bonds. The number of anilines is 2. The number of hydrogen-bond donors (Lipinski definition) is 0. The molecule has 0 aliphatic carbocycles. The number of rotatable bonds is 4. The van der Waals surface area contributed by atoms with E-state index in [1.54, 1.807) is 34.1 Å². The number of ether oxygens (including phenoxy) is 1. The van der Waals surface area contributed by atoms with E-state index in [9.17, 15) is 17.6 Å². The van der Waals surface area contributed by atoms with Gasteiger partial charge in [-0.25, -0.2) is 12.8 Å². The third kappa shape index (κ3) is 3.67. The van der Waals surface area contributed by atoms with Gasteiger partial charge in [-0.1, -0.05) is 0 Å². The van der Waals surface area contributed by atoms with Crippen LogP contribution >= 0.6 is 0 Å². The number of sulfone groups is 1. The Hall–Kier alpha value is -2.87. The summed E-state index contributed by atoms with van der Waals surface area (Å²) in [5.74, 6) is -0.404. The van der Waals surface area contributed by atoms with Crippen LogP contribution in [0, 0.1) is 5.82 Å². The summed E-state index contributed by atoms with van der Waals surface area (Å²) < 4.78 is 45.9. The lowest BCUT2D eigenvalue weighted by molar-refractivity contribution is -0.127. The van der Waals surface area contributed by atoms with Gasteiger partial charge in [0.2, 0.25) is 9.84 Å². The van der Waals surface area contributed by atoms with Gasteiger partial charge in [0.1, 0.15) is 11.6 Å². The molecule has 2 heterocycles. The van der Waals surface area contributed by atoms with E-state index in [0.717, 1.165) is 25.3 Å². The van der Waals surface area contributed by atoms with Gasteiger partial charge in [0.05, 0.1) is 17.2 Å². The van der Waals surface area contributed by atoms with Gasteiger partial charge in [-0.3, -0.25) is 4.79 Å². The number of hydrogen-bond acceptors (Lipinski definition) is 5. The van der Waals surface area contributed by atoms with E-state index < -0.39 is 21.6 Å². The molecule has 0 atom stereocenters. The Kier molecular flexibility index (Phi) is 5.51. The van der Waals surface area contributed by atoms with Crippen LogP contribution in [0.4, 0.5) is 15.8 Å². The lowest BCUT2D eigenvalue weighted by Crippen LogP contribution is -2.39. The van der Waals surface area contributed by atoms with Crippen molar-refractivity contribution in [3.63, 3.8) is 0 Å². The maximum Gasteiger partial charge on any atom is 0.267 e. The summed E-state index contributed by atoms with van der Waals surface area (Å²) in [6.45, 7) is 3.46. The molecule has 0 unspecified atom stereocenters. The molecule has 2 aliphatic rings. The van der Waals surface area contributed by atoms with Crippen LogP contribution in [-0.2, 0) is 14.6 Å². The van der Waals surface area contributed by atoms with Gasteiger partial charge >= 0.3 is 0 Å². The van der Waals surface area contributed by atoms with Crippen molar-refractivity contribution in [3.8, 4) is 5.75 Å². The van der Waals surface area contributed by atoms with E-state index in [2.05, 4.69) is 0 Å². The SMILES string of the molecule is CCOc1ccc(N2C=C(C(=O)N3CCCCC3)S(=O)(=O)c3ccc(F)cc32)cc1. The zero-order valence-electron chi connectivity index (χ0n) is 16.7. The fraction of sp³-hybridized carbons (Fsp3) is 0.318. The van der Waals surface area contributed by atoms with Crippen molar-refractivity contribution < 1.29 is 22.3 Å². The Bertz CT molecular complexity index is 1090. The number of piperidine rings is 1. The number of benzene rings is 2. The molecule has 1 fully saturated rings. The smallest absolute Gasteiger partial charge is 0.267 e. The number of fused-ring (bicyclic) bond motifs is 1. The molecule has 158 valence electrons. The molecule has 1 saturated heterocycles. The number of nitrogens with zero attached hydrogens (tertiary/aromatic N) is 2. The summed E-state index contributed by atoms with van der Waals surface area (Å²) in [6.07, 6.45) is 4.03. The van der Waals surface area contributed by atoms with Gasteiger partial charge in [-0.05, 0) is 68.7 Å². The van der Waals surface area contributed by atoms with Crippen molar-refractivity contribution in [2.75, 3.05) is 24.6 Å². The van der Waals surface area contributed by atoms with Crippen LogP contribution in [0.1, 0.15) is 26.2 Å². The molecule has 2 aromatic rings. The topological polar surface area (TPSA) is 66.9 Å². The second kappa shape index (κ2) is 8.10. The molecule has 0 spiro atoms. The van der Waals surface area contributed by atoms with E-state index in [1.165, 1.54) is 18.3 Å². The van der Waals surface area contributed by atoms with Crippen LogP contribution in [0.2, 0.25) is 0 Å². The Labute approximate surface area is 175 Å². The van der Waals surface area contributed by atoms with Gasteiger partial charge in [0.15, 0.2) is 4.91 Å². The molecule has 0 radical (unpaired) electrons. The maximum absolute atomic E-state index is 14.0. The molecular weight excluding hydrogens is 407 g/mol. The summed E-state index contributed by atoms with van der Waals surface area (Å²) in [4.78, 5) is 15.9. The molecule has 6 nitrogen and oxygen atoms in total. The Balaban J connectivity index is 1.82. The molecule has 30 heavy (non-hydrogen) atoms. The number of likely N-dealkylation sites (tertiary alicyclic amines) is 1. The number of halogens is 1. The van der Waals surface area contributed by atoms with Crippen molar-refractivity contribution in [3.05, 3.63) is 59.4 Å². The molecular formula is C22H23FN2O4S. The molecule has 0 N–H and O–H groups in total. The van der Waals surface area contributed by atoms with Crippen LogP contribution < -0.4 is 9.64 Å². The lowest BCUT2D eigenvalue weighted by atomic mass is 10.1. The summed E-state index contributed by atoms with van der Waals surface area (Å²) >= 11 is 0. The fourth-order valence-electron chi connectivity index (χ4n) is 3.79. The van der Waals surface area contributed by atoms with Crippen molar-refractivity contribution >= 4 is 27.1 Å². The van der Waals surface area contributed by atoms with Gasteiger partial charge in [0, 0.05) is 25.0 Å². The Morgan fingerprint density at radius 1 is 1.07 bits per heavy atom. The minimum absolute atomic E-state index is 0.0827. The second-order valence-electron chi connectivity index (χ2n) is 7.26. The van der Waals surface area contributed by atoms with Gasteiger partial charge in [0.25, 0.3) is 5.91 Å². The van der Waals surface area contributed by atoms with Crippen LogP contribution in [0.25, 0.3) is 0 Å². The lowest BCUT2D eigenvalue weighted by Gasteiger charge is -2.32. The molecule has 8 heteroatoms. The summed E-state index contributed by atoms with van der Waals surface area (Å²) in [5.41, 5.74) is 0.776. The van der Waals surface area contributed by atoms with E-state index in [0.29, 0.717) is 31.1 Å². The van der Waals surface area contributed by atoms with Crippen LogP contribution in [0.15, 0.2) is 58.5 Å². The van der Waals surface area contributed by atoms with Crippen molar-refractivity contribution in [1.29, 1.82) is 0 Å². The van der Waals surface area contributed by atoms with Crippen LogP contribution in [-0.4, -0.2) is 38.9 Å². The maximum atomic E-state index is 14.0. The number of amides is 1. The summed E-state index contributed by atoms with van der Waals surface area (Å²) in [5, 5.41) is 0. The zero-order valence-corrected chi connectivity index (χ0v) is 17.5. The molecule has 4 rings (SSSR count). The quantitative estimate of drug-likeness (QED) is 0.686. The summed E-state index contributed by atoms with van der Waals surface area (Å²) in [6, 6.07) is 10.5. The van der Waals surface area contributed by atoms with Gasteiger partial charge < -0.3 is 14.5 Å². The van der Waals surface area contributed by atoms with E-state index >= 15 is 0 Å². The van der Waals surface area contributed by atoms with E-state index in [1.807, 2.05) is 6.92 Å². The third-order valence-electron chi connectivity index (χ3n) is 5.29. The minimum atomic E-state index is -4.07. The average molecular weight is 431 g/mol. The van der Waals surface area contributed by atoms with Crippen molar-refractivity contribution in [1.82, 2.24) is 4.90 Å². The largest absolute Gasteiger partial charge is 0.494 e. The van der Waals surface area contributed by atoms with Crippen molar-refractivity contribution in [2.45, 2.75) is 31.1 Å². The predicted octanol–water partition coefficient (Wildman–Crippen LogP) is 4.00. The highest BCUT2D eigenvalue weighted by molar-refractivity contribution is 7.96. The molecule has 0 bridgehead atoms. The van der Waals surface area contributed by atoms with Crippen LogP contribution in [0.5, 0.6) is 5.75 Å². The molecule has 0 aromatic heterocycles. The number of carbonyl (C=O) groups is 1. The molecule has 2 aliphatic heterocycles. The first-order valence-electron chi connectivity index (χ1n) is 9.99. The summed E-state index contributed by atoms with van der Waals surface area (Å²) in [7, 11) is -4.07. The monoisotopic (exact) mass is 430 g/mol. The predicted molar refractivity (Wildman–Crippen MR) is 112 cm³/mol. The zero-order chi connectivity index (χ0) is 21.3. The van der Waals surface area contributed by atoms with E-state index in [-0.39, 0.29) is 15.5 Å². The second-order valence-corrected chi connectivity index (χ2v) is 9.15. The highest BCUT2D eigenvalue weighted by atomic mass is 32.2. The molecule has 0 saturated carbocycles. The normalized spacial score (nSPS) is 17.9.